The third-order valence-corrected chi connectivity index (χ3v) is 1.50. The lowest BCUT2D eigenvalue weighted by molar-refractivity contribution is 0.254. The molecule has 2 amide bonds. The molecule has 68 valence electrons. The second-order valence-corrected chi connectivity index (χ2v) is 2.37. The molecule has 0 saturated heterocycles. The summed E-state index contributed by atoms with van der Waals surface area (Å²) in [5, 5.41) is 13.5. The normalized spacial score (nSPS) is 9.00. The van der Waals surface area contributed by atoms with Gasteiger partial charge in [-0.2, -0.15) is 5.26 Å². The average Bonchev–Trinajstić information content (AvgIpc) is 2.48. The Kier molecular flexibility index (Phi) is 2.50. The van der Waals surface area contributed by atoms with Crippen molar-refractivity contribution in [2.75, 3.05) is 12.4 Å². The Morgan fingerprint density at radius 2 is 2.46 bits per heavy atom. The van der Waals surface area contributed by atoms with Gasteiger partial charge in [-0.15, -0.1) is 0 Å². The van der Waals surface area contributed by atoms with Crippen LogP contribution < -0.4 is 10.6 Å². The van der Waals surface area contributed by atoms with E-state index in [1.807, 2.05) is 6.07 Å². The first-order chi connectivity index (χ1) is 6.19. The molecule has 0 aliphatic rings. The molecule has 0 aliphatic carbocycles. The fourth-order valence-electron chi connectivity index (χ4n) is 0.829. The van der Waals surface area contributed by atoms with Crippen LogP contribution in [-0.4, -0.2) is 22.6 Å². The van der Waals surface area contributed by atoms with Gasteiger partial charge >= 0.3 is 6.03 Å². The minimum Gasteiger partial charge on any atom is -0.341 e. The molecule has 13 heavy (non-hydrogen) atoms. The van der Waals surface area contributed by atoms with Crippen LogP contribution in [0.15, 0.2) is 6.33 Å². The van der Waals surface area contributed by atoms with Gasteiger partial charge in [0, 0.05) is 14.1 Å². The van der Waals surface area contributed by atoms with Gasteiger partial charge in [0.05, 0.1) is 6.33 Å². The van der Waals surface area contributed by atoms with Crippen LogP contribution in [0.5, 0.6) is 0 Å². The van der Waals surface area contributed by atoms with Gasteiger partial charge < -0.3 is 9.88 Å². The molecular formula is C7H9N5O. The van der Waals surface area contributed by atoms with E-state index in [0.29, 0.717) is 5.82 Å². The average molecular weight is 179 g/mol. The lowest BCUT2D eigenvalue weighted by atomic mass is 10.4. The standard InChI is InChI=1S/C7H9N5O/c1-9-7(13)11-6-5(3-8)10-4-12(6)2/h4H,1-2H3,(H2,9,11,13). The molecule has 0 fully saturated rings. The summed E-state index contributed by atoms with van der Waals surface area (Å²) < 4.78 is 1.56. The second-order valence-electron chi connectivity index (χ2n) is 2.37. The molecule has 1 aromatic rings. The first-order valence-electron chi connectivity index (χ1n) is 3.59. The second kappa shape index (κ2) is 3.58. The third kappa shape index (κ3) is 1.76. The quantitative estimate of drug-likeness (QED) is 0.638. The molecule has 1 rings (SSSR count). The number of hydrogen-bond acceptors (Lipinski definition) is 3. The highest BCUT2D eigenvalue weighted by Gasteiger charge is 2.09. The lowest BCUT2D eigenvalue weighted by Crippen LogP contribution is -2.25. The van der Waals surface area contributed by atoms with Crippen molar-refractivity contribution < 1.29 is 4.79 Å². The van der Waals surface area contributed by atoms with Gasteiger partial charge in [-0.05, 0) is 0 Å². The zero-order valence-electron chi connectivity index (χ0n) is 7.33. The molecule has 6 heteroatoms. The molecule has 0 aromatic carbocycles. The Morgan fingerprint density at radius 1 is 1.77 bits per heavy atom. The summed E-state index contributed by atoms with van der Waals surface area (Å²) in [5.74, 6) is 0.391. The van der Waals surface area contributed by atoms with E-state index in [1.54, 1.807) is 11.6 Å². The van der Waals surface area contributed by atoms with Gasteiger partial charge in [-0.3, -0.25) is 5.32 Å². The minimum atomic E-state index is -0.375. The zero-order chi connectivity index (χ0) is 9.84. The van der Waals surface area contributed by atoms with E-state index in [2.05, 4.69) is 15.6 Å². The Bertz CT molecular complexity index is 361. The summed E-state index contributed by atoms with van der Waals surface area (Å²) in [6, 6.07) is 1.50. The van der Waals surface area contributed by atoms with Crippen molar-refractivity contribution in [2.24, 2.45) is 7.05 Å². The highest BCUT2D eigenvalue weighted by Crippen LogP contribution is 2.10. The Labute approximate surface area is 75.2 Å². The number of anilines is 1. The summed E-state index contributed by atoms with van der Waals surface area (Å²) in [5.41, 5.74) is 0.200. The van der Waals surface area contributed by atoms with Gasteiger partial charge in [-0.1, -0.05) is 0 Å². The number of rotatable bonds is 1. The molecule has 6 nitrogen and oxygen atoms in total. The van der Waals surface area contributed by atoms with Crippen molar-refractivity contribution in [3.8, 4) is 6.07 Å². The maximum atomic E-state index is 10.9. The first kappa shape index (κ1) is 9.06. The predicted molar refractivity (Wildman–Crippen MR) is 46.0 cm³/mol. The molecule has 2 N–H and O–H groups in total. The Morgan fingerprint density at radius 3 is 3.00 bits per heavy atom. The number of urea groups is 1. The molecule has 0 unspecified atom stereocenters. The maximum Gasteiger partial charge on any atom is 0.320 e. The van der Waals surface area contributed by atoms with Gasteiger partial charge in [-0.25, -0.2) is 9.78 Å². The smallest absolute Gasteiger partial charge is 0.320 e. The monoisotopic (exact) mass is 179 g/mol. The van der Waals surface area contributed by atoms with Gasteiger partial charge in [0.2, 0.25) is 0 Å². The van der Waals surface area contributed by atoms with Crippen LogP contribution in [0.25, 0.3) is 0 Å². The van der Waals surface area contributed by atoms with Gasteiger partial charge in [0.1, 0.15) is 6.07 Å². The number of aryl methyl sites for hydroxylation is 1. The SMILES string of the molecule is CNC(=O)Nc1c(C#N)ncn1C. The minimum absolute atomic E-state index is 0.200. The molecule has 0 spiro atoms. The highest BCUT2D eigenvalue weighted by atomic mass is 16.2. The molecule has 0 bridgehead atoms. The van der Waals surface area contributed by atoms with E-state index in [9.17, 15) is 4.79 Å². The van der Waals surface area contributed by atoms with Crippen molar-refractivity contribution in [3.63, 3.8) is 0 Å². The highest BCUT2D eigenvalue weighted by molar-refractivity contribution is 5.89. The lowest BCUT2D eigenvalue weighted by Gasteiger charge is -2.04. The molecule has 1 heterocycles. The van der Waals surface area contributed by atoms with Crippen LogP contribution in [0.2, 0.25) is 0 Å². The summed E-state index contributed by atoms with van der Waals surface area (Å²) in [7, 11) is 3.19. The fourth-order valence-corrected chi connectivity index (χ4v) is 0.829. The van der Waals surface area contributed by atoms with Crippen LogP contribution >= 0.6 is 0 Å². The van der Waals surface area contributed by atoms with Crippen LogP contribution in [-0.2, 0) is 7.05 Å². The van der Waals surface area contributed by atoms with Crippen molar-refractivity contribution in [2.45, 2.75) is 0 Å². The van der Waals surface area contributed by atoms with Crippen molar-refractivity contribution in [1.82, 2.24) is 14.9 Å². The molecule has 1 aromatic heterocycles. The Balaban J connectivity index is 2.93. The number of imidazole rings is 1. The van der Waals surface area contributed by atoms with Crippen LogP contribution in [0.1, 0.15) is 5.69 Å². The number of nitriles is 1. The van der Waals surface area contributed by atoms with Crippen LogP contribution in [0, 0.1) is 11.3 Å². The van der Waals surface area contributed by atoms with E-state index in [1.165, 1.54) is 13.4 Å². The van der Waals surface area contributed by atoms with E-state index in [-0.39, 0.29) is 11.7 Å². The molecule has 0 saturated carbocycles. The van der Waals surface area contributed by atoms with Crippen LogP contribution in [0.3, 0.4) is 0 Å². The first-order valence-corrected chi connectivity index (χ1v) is 3.59. The number of carbonyl (C=O) groups is 1. The molecular weight excluding hydrogens is 170 g/mol. The van der Waals surface area contributed by atoms with Crippen molar-refractivity contribution in [1.29, 1.82) is 5.26 Å². The Hall–Kier alpha value is -2.03. The number of nitrogens with zero attached hydrogens (tertiary/aromatic N) is 3. The van der Waals surface area contributed by atoms with Gasteiger partial charge in [0.15, 0.2) is 11.5 Å². The van der Waals surface area contributed by atoms with E-state index < -0.39 is 0 Å². The fraction of sp³-hybridized carbons (Fsp3) is 0.286. The van der Waals surface area contributed by atoms with Gasteiger partial charge in [0.25, 0.3) is 0 Å². The summed E-state index contributed by atoms with van der Waals surface area (Å²) in [6.07, 6.45) is 1.46. The number of carbonyl (C=O) groups excluding carboxylic acids is 1. The molecule has 0 atom stereocenters. The van der Waals surface area contributed by atoms with Crippen molar-refractivity contribution >= 4 is 11.8 Å². The predicted octanol–water partition coefficient (Wildman–Crippen LogP) is 0.0431. The van der Waals surface area contributed by atoms with E-state index in [0.717, 1.165) is 0 Å². The number of nitrogens with one attached hydrogen (secondary N) is 2. The summed E-state index contributed by atoms with van der Waals surface area (Å²) >= 11 is 0. The molecule has 0 aliphatic heterocycles. The van der Waals surface area contributed by atoms with E-state index in [4.69, 9.17) is 5.26 Å². The molecule has 0 radical (unpaired) electrons. The number of hydrogen-bond donors (Lipinski definition) is 2. The number of amides is 2. The van der Waals surface area contributed by atoms with Crippen molar-refractivity contribution in [3.05, 3.63) is 12.0 Å². The maximum absolute atomic E-state index is 10.9. The van der Waals surface area contributed by atoms with E-state index >= 15 is 0 Å². The van der Waals surface area contributed by atoms with Crippen LogP contribution in [0.4, 0.5) is 10.6 Å². The summed E-state index contributed by atoms with van der Waals surface area (Å²) in [6.45, 7) is 0. The zero-order valence-corrected chi connectivity index (χ0v) is 7.33. The topological polar surface area (TPSA) is 82.7 Å². The number of aromatic nitrogens is 2. The third-order valence-electron chi connectivity index (χ3n) is 1.50. The largest absolute Gasteiger partial charge is 0.341 e. The summed E-state index contributed by atoms with van der Waals surface area (Å²) in [4.78, 5) is 14.7.